The van der Waals surface area contributed by atoms with E-state index < -0.39 is 5.60 Å². The Balaban J connectivity index is 0.00000128. The van der Waals surface area contributed by atoms with Gasteiger partial charge < -0.3 is 22.1 Å². The van der Waals surface area contributed by atoms with Crippen LogP contribution in [0.25, 0.3) is 0 Å². The molecule has 0 spiro atoms. The van der Waals surface area contributed by atoms with Crippen LogP contribution in [-0.4, -0.2) is 23.1 Å². The predicted molar refractivity (Wildman–Crippen MR) is 65.1 cm³/mol. The Labute approximate surface area is 129 Å². The van der Waals surface area contributed by atoms with Gasteiger partial charge in [0.2, 0.25) is 0 Å². The number of hydrogen-bond donors (Lipinski definition) is 0. The van der Waals surface area contributed by atoms with Gasteiger partial charge in [-0.1, -0.05) is 84.3 Å². The van der Waals surface area contributed by atoms with E-state index in [1.54, 1.807) is 6.92 Å². The molecule has 0 radical (unpaired) electrons. The van der Waals surface area contributed by atoms with Crippen molar-refractivity contribution in [3.05, 3.63) is 71.8 Å². The van der Waals surface area contributed by atoms with Crippen LogP contribution in [0.3, 0.4) is 0 Å². The molecular formula is C14H13BrMgO. The Hall–Kier alpha value is -0.354. The first-order chi connectivity index (χ1) is 7.21. The predicted octanol–water partition coefficient (Wildman–Crippen LogP) is -1.07. The van der Waals surface area contributed by atoms with Crippen LogP contribution in [0, 0.1) is 0 Å². The SMILES string of the molecule is CC([O-])(c1ccccc1)c1ccccc1.[Br-].[Mg+2]. The molecule has 84 valence electrons. The first kappa shape index (κ1) is 16.6. The van der Waals surface area contributed by atoms with Crippen molar-refractivity contribution in [3.8, 4) is 0 Å². The third kappa shape index (κ3) is 3.81. The molecule has 17 heavy (non-hydrogen) atoms. The molecule has 0 aromatic heterocycles. The van der Waals surface area contributed by atoms with Gasteiger partial charge in [-0.3, -0.25) is 0 Å². The quantitative estimate of drug-likeness (QED) is 0.648. The fraction of sp³-hybridized carbons (Fsp3) is 0.143. The number of benzene rings is 2. The molecule has 0 unspecified atom stereocenters. The average molecular weight is 301 g/mol. The van der Waals surface area contributed by atoms with Gasteiger partial charge in [0, 0.05) is 0 Å². The van der Waals surface area contributed by atoms with Crippen molar-refractivity contribution in [1.82, 2.24) is 0 Å². The molecule has 2 aromatic rings. The van der Waals surface area contributed by atoms with E-state index in [-0.39, 0.29) is 40.0 Å². The Morgan fingerprint density at radius 2 is 1.06 bits per heavy atom. The molecular weight excluding hydrogens is 288 g/mol. The van der Waals surface area contributed by atoms with Gasteiger partial charge in [0.05, 0.1) is 0 Å². The third-order valence-electron chi connectivity index (χ3n) is 2.65. The Morgan fingerprint density at radius 1 is 0.765 bits per heavy atom. The summed E-state index contributed by atoms with van der Waals surface area (Å²) in [5.74, 6) is 0. The van der Waals surface area contributed by atoms with Crippen LogP contribution in [0.5, 0.6) is 0 Å². The Bertz CT molecular complexity index is 387. The fourth-order valence-corrected chi connectivity index (χ4v) is 1.68. The number of hydrogen-bond acceptors (Lipinski definition) is 1. The summed E-state index contributed by atoms with van der Waals surface area (Å²) in [6.07, 6.45) is 0. The van der Waals surface area contributed by atoms with Crippen molar-refractivity contribution in [3.63, 3.8) is 0 Å². The summed E-state index contributed by atoms with van der Waals surface area (Å²) in [7, 11) is 0. The standard InChI is InChI=1S/C14H13O.BrH.Mg/c1-14(15,12-8-4-2-5-9-12)13-10-6-3-7-11-13;;/h2-11H,1H3;1H;/q-1;;+2/p-1. The van der Waals surface area contributed by atoms with E-state index in [0.29, 0.717) is 0 Å². The van der Waals surface area contributed by atoms with Gasteiger partial charge in [0.15, 0.2) is 0 Å². The van der Waals surface area contributed by atoms with Crippen molar-refractivity contribution < 1.29 is 22.1 Å². The summed E-state index contributed by atoms with van der Waals surface area (Å²) in [5, 5.41) is 12.5. The maximum Gasteiger partial charge on any atom is 2.00 e. The van der Waals surface area contributed by atoms with E-state index in [2.05, 4.69) is 0 Å². The molecule has 2 aromatic carbocycles. The van der Waals surface area contributed by atoms with Crippen molar-refractivity contribution >= 4 is 23.1 Å². The van der Waals surface area contributed by atoms with Crippen molar-refractivity contribution in [1.29, 1.82) is 0 Å². The average Bonchev–Trinajstić information content (AvgIpc) is 2.31. The monoisotopic (exact) mass is 300 g/mol. The first-order valence-electron chi connectivity index (χ1n) is 5.03. The second kappa shape index (κ2) is 7.16. The summed E-state index contributed by atoms with van der Waals surface area (Å²) in [4.78, 5) is 0. The molecule has 0 aliphatic rings. The fourth-order valence-electron chi connectivity index (χ4n) is 1.68. The summed E-state index contributed by atoms with van der Waals surface area (Å²) < 4.78 is 0. The molecule has 2 rings (SSSR count). The molecule has 0 saturated heterocycles. The first-order valence-corrected chi connectivity index (χ1v) is 5.03. The Morgan fingerprint density at radius 3 is 1.35 bits per heavy atom. The number of rotatable bonds is 2. The second-order valence-corrected chi connectivity index (χ2v) is 3.77. The second-order valence-electron chi connectivity index (χ2n) is 3.77. The van der Waals surface area contributed by atoms with E-state index >= 15 is 0 Å². The summed E-state index contributed by atoms with van der Waals surface area (Å²) in [5.41, 5.74) is 0.440. The van der Waals surface area contributed by atoms with Crippen LogP contribution in [0.15, 0.2) is 60.7 Å². The van der Waals surface area contributed by atoms with Crippen molar-refractivity contribution in [2.75, 3.05) is 0 Å². The van der Waals surface area contributed by atoms with Gasteiger partial charge in [-0.05, 0) is 0 Å². The van der Waals surface area contributed by atoms with E-state index in [4.69, 9.17) is 0 Å². The Kier molecular flexibility index (Phi) is 7.01. The van der Waals surface area contributed by atoms with Crippen LogP contribution in [0.4, 0.5) is 0 Å². The summed E-state index contributed by atoms with van der Waals surface area (Å²) in [6, 6.07) is 18.9. The normalized spacial score (nSPS) is 10.0. The van der Waals surface area contributed by atoms with Gasteiger partial charge in [0.1, 0.15) is 0 Å². The molecule has 1 nitrogen and oxygen atoms in total. The van der Waals surface area contributed by atoms with Crippen LogP contribution in [-0.2, 0) is 5.60 Å². The molecule has 0 fully saturated rings. The number of halogens is 1. The van der Waals surface area contributed by atoms with Crippen LogP contribution >= 0.6 is 0 Å². The molecule has 0 N–H and O–H groups in total. The van der Waals surface area contributed by atoms with E-state index in [0.717, 1.165) is 11.1 Å². The van der Waals surface area contributed by atoms with Gasteiger partial charge in [0.25, 0.3) is 0 Å². The van der Waals surface area contributed by atoms with Crippen LogP contribution < -0.4 is 22.1 Å². The maximum atomic E-state index is 12.5. The molecule has 0 atom stereocenters. The molecule has 0 aliphatic carbocycles. The van der Waals surface area contributed by atoms with Crippen molar-refractivity contribution in [2.45, 2.75) is 12.5 Å². The van der Waals surface area contributed by atoms with E-state index in [9.17, 15) is 5.11 Å². The zero-order valence-electron chi connectivity index (χ0n) is 9.77. The zero-order chi connectivity index (χ0) is 10.7. The minimum absolute atomic E-state index is 0. The molecule has 0 amide bonds. The molecule has 0 heterocycles. The van der Waals surface area contributed by atoms with Gasteiger partial charge >= 0.3 is 23.1 Å². The van der Waals surface area contributed by atoms with E-state index in [1.165, 1.54) is 0 Å². The molecule has 0 bridgehead atoms. The smallest absolute Gasteiger partial charge is 1.00 e. The minimum Gasteiger partial charge on any atom is -1.00 e. The minimum atomic E-state index is -1.16. The van der Waals surface area contributed by atoms with Crippen molar-refractivity contribution in [2.24, 2.45) is 0 Å². The molecule has 0 aliphatic heterocycles. The summed E-state index contributed by atoms with van der Waals surface area (Å²) >= 11 is 0. The van der Waals surface area contributed by atoms with Gasteiger partial charge in [-0.15, -0.1) is 0 Å². The summed E-state index contributed by atoms with van der Waals surface area (Å²) in [6.45, 7) is 1.71. The van der Waals surface area contributed by atoms with Gasteiger partial charge in [-0.25, -0.2) is 0 Å². The third-order valence-corrected chi connectivity index (χ3v) is 2.65. The van der Waals surface area contributed by atoms with Crippen LogP contribution in [0.2, 0.25) is 0 Å². The molecule has 0 saturated carbocycles. The topological polar surface area (TPSA) is 23.1 Å². The largest absolute Gasteiger partial charge is 2.00 e. The van der Waals surface area contributed by atoms with Gasteiger partial charge in [-0.2, -0.15) is 0 Å². The van der Waals surface area contributed by atoms with Crippen LogP contribution in [0.1, 0.15) is 18.1 Å². The zero-order valence-corrected chi connectivity index (χ0v) is 12.8. The molecule has 3 heteroatoms. The maximum absolute atomic E-state index is 12.5. The van der Waals surface area contributed by atoms with E-state index in [1.807, 2.05) is 60.7 Å².